The lowest BCUT2D eigenvalue weighted by molar-refractivity contribution is -0.274. The van der Waals surface area contributed by atoms with Crippen molar-refractivity contribution in [3.63, 3.8) is 0 Å². The fourth-order valence-electron chi connectivity index (χ4n) is 2.05. The molecule has 0 bridgehead atoms. The zero-order chi connectivity index (χ0) is 18.4. The predicted octanol–water partition coefficient (Wildman–Crippen LogP) is 4.50. The summed E-state index contributed by atoms with van der Waals surface area (Å²) in [5, 5.41) is 0. The highest BCUT2D eigenvalue weighted by Gasteiger charge is 2.30. The van der Waals surface area contributed by atoms with Gasteiger partial charge in [-0.3, -0.25) is 4.79 Å². The number of benzene rings is 2. The van der Waals surface area contributed by atoms with E-state index in [-0.39, 0.29) is 17.1 Å². The van der Waals surface area contributed by atoms with Gasteiger partial charge in [-0.05, 0) is 48.0 Å². The third-order valence-corrected chi connectivity index (χ3v) is 3.21. The minimum absolute atomic E-state index is 0.242. The number of hydrogen-bond acceptors (Lipinski definition) is 4. The van der Waals surface area contributed by atoms with Crippen LogP contribution in [0.4, 0.5) is 13.2 Å². The predicted molar refractivity (Wildman–Crippen MR) is 86.0 cm³/mol. The van der Waals surface area contributed by atoms with Crippen LogP contribution in [0.1, 0.15) is 15.9 Å². The zero-order valence-corrected chi connectivity index (χ0v) is 13.5. The smallest absolute Gasteiger partial charge is 0.493 e. The van der Waals surface area contributed by atoms with Crippen molar-refractivity contribution >= 4 is 11.9 Å². The van der Waals surface area contributed by atoms with Gasteiger partial charge in [-0.2, -0.15) is 0 Å². The molecule has 0 aliphatic carbocycles. The highest BCUT2D eigenvalue weighted by molar-refractivity contribution is 6.06. The Bertz CT molecular complexity index is 765. The summed E-state index contributed by atoms with van der Waals surface area (Å²) in [6.45, 7) is 0. The molecule has 0 radical (unpaired) electrons. The molecule has 0 N–H and O–H groups in total. The molecule has 0 spiro atoms. The van der Waals surface area contributed by atoms with E-state index in [1.165, 1.54) is 32.4 Å². The van der Waals surface area contributed by atoms with Crippen molar-refractivity contribution in [1.29, 1.82) is 0 Å². The summed E-state index contributed by atoms with van der Waals surface area (Å²) >= 11 is 0. The molecule has 0 aliphatic heterocycles. The monoisotopic (exact) mass is 352 g/mol. The van der Waals surface area contributed by atoms with E-state index in [4.69, 9.17) is 9.47 Å². The molecule has 4 nitrogen and oxygen atoms in total. The van der Waals surface area contributed by atoms with Gasteiger partial charge in [0.05, 0.1) is 14.2 Å². The van der Waals surface area contributed by atoms with Crippen LogP contribution in [-0.4, -0.2) is 26.4 Å². The number of halogens is 3. The second kappa shape index (κ2) is 7.74. The number of allylic oxidation sites excluding steroid dienone is 1. The quantitative estimate of drug-likeness (QED) is 0.567. The molecule has 0 saturated carbocycles. The molecule has 0 saturated heterocycles. The van der Waals surface area contributed by atoms with E-state index in [0.717, 1.165) is 12.1 Å². The minimum Gasteiger partial charge on any atom is -0.493 e. The van der Waals surface area contributed by atoms with Crippen LogP contribution in [0.3, 0.4) is 0 Å². The Labute approximate surface area is 142 Å². The number of hydrogen-bond donors (Lipinski definition) is 0. The van der Waals surface area contributed by atoms with Crippen LogP contribution < -0.4 is 14.2 Å². The molecular weight excluding hydrogens is 337 g/mol. The number of methoxy groups -OCH3 is 2. The average Bonchev–Trinajstić information content (AvgIpc) is 2.58. The van der Waals surface area contributed by atoms with Gasteiger partial charge in [0.15, 0.2) is 17.3 Å². The second-order valence-corrected chi connectivity index (χ2v) is 4.88. The third-order valence-electron chi connectivity index (χ3n) is 3.21. The van der Waals surface area contributed by atoms with E-state index in [2.05, 4.69) is 4.74 Å². The van der Waals surface area contributed by atoms with E-state index in [9.17, 15) is 18.0 Å². The molecule has 0 aromatic heterocycles. The number of ketones is 1. The maximum Gasteiger partial charge on any atom is 0.573 e. The van der Waals surface area contributed by atoms with Crippen molar-refractivity contribution < 1.29 is 32.2 Å². The average molecular weight is 352 g/mol. The van der Waals surface area contributed by atoms with E-state index >= 15 is 0 Å². The van der Waals surface area contributed by atoms with Crippen LogP contribution in [0.25, 0.3) is 6.08 Å². The van der Waals surface area contributed by atoms with E-state index in [1.807, 2.05) is 0 Å². The Kier molecular flexibility index (Phi) is 5.69. The minimum atomic E-state index is -4.77. The second-order valence-electron chi connectivity index (χ2n) is 4.88. The summed E-state index contributed by atoms with van der Waals surface area (Å²) in [5.41, 5.74) is 0.953. The Balaban J connectivity index is 2.10. The molecule has 0 amide bonds. The molecule has 0 heterocycles. The van der Waals surface area contributed by atoms with E-state index < -0.39 is 6.36 Å². The first-order chi connectivity index (χ1) is 11.8. The van der Waals surface area contributed by atoms with Crippen molar-refractivity contribution in [3.05, 3.63) is 59.7 Å². The van der Waals surface area contributed by atoms with Crippen molar-refractivity contribution in [1.82, 2.24) is 0 Å². The summed E-state index contributed by atoms with van der Waals surface area (Å²) in [5.74, 6) is 0.346. The topological polar surface area (TPSA) is 44.8 Å². The van der Waals surface area contributed by atoms with Gasteiger partial charge >= 0.3 is 6.36 Å². The fourth-order valence-corrected chi connectivity index (χ4v) is 2.05. The summed E-state index contributed by atoms with van der Waals surface area (Å²) in [4.78, 5) is 12.1. The van der Waals surface area contributed by atoms with Gasteiger partial charge in [-0.25, -0.2) is 0 Å². The summed E-state index contributed by atoms with van der Waals surface area (Å²) in [6, 6.07) is 9.85. The maximum atomic E-state index is 12.1. The highest BCUT2D eigenvalue weighted by atomic mass is 19.4. The molecule has 0 fully saturated rings. The van der Waals surface area contributed by atoms with E-state index in [0.29, 0.717) is 17.1 Å². The summed E-state index contributed by atoms with van der Waals surface area (Å²) < 4.78 is 50.4. The van der Waals surface area contributed by atoms with Gasteiger partial charge in [0, 0.05) is 5.56 Å². The molecule has 0 unspecified atom stereocenters. The number of rotatable bonds is 6. The van der Waals surface area contributed by atoms with Crippen molar-refractivity contribution in [3.8, 4) is 17.2 Å². The van der Waals surface area contributed by atoms with E-state index in [1.54, 1.807) is 24.3 Å². The van der Waals surface area contributed by atoms with Crippen molar-refractivity contribution in [2.45, 2.75) is 6.36 Å². The van der Waals surface area contributed by atoms with Gasteiger partial charge in [0.2, 0.25) is 0 Å². The Morgan fingerprint density at radius 2 is 1.60 bits per heavy atom. The van der Waals surface area contributed by atoms with Crippen LogP contribution in [0.15, 0.2) is 48.5 Å². The lowest BCUT2D eigenvalue weighted by Crippen LogP contribution is -2.17. The first-order valence-electron chi connectivity index (χ1n) is 7.12. The maximum absolute atomic E-state index is 12.1. The van der Waals surface area contributed by atoms with Crippen LogP contribution in [0.5, 0.6) is 17.2 Å². The molecule has 2 aromatic carbocycles. The van der Waals surface area contributed by atoms with Crippen LogP contribution in [0, 0.1) is 0 Å². The van der Waals surface area contributed by atoms with Gasteiger partial charge in [-0.15, -0.1) is 13.2 Å². The lowest BCUT2D eigenvalue weighted by atomic mass is 10.1. The van der Waals surface area contributed by atoms with Gasteiger partial charge in [0.25, 0.3) is 0 Å². The molecule has 25 heavy (non-hydrogen) atoms. The van der Waals surface area contributed by atoms with Crippen LogP contribution in [-0.2, 0) is 0 Å². The number of ether oxygens (including phenoxy) is 3. The Hall–Kier alpha value is -2.96. The first kappa shape index (κ1) is 18.4. The summed E-state index contributed by atoms with van der Waals surface area (Å²) in [6.07, 6.45) is -1.87. The van der Waals surface area contributed by atoms with Crippen molar-refractivity contribution in [2.75, 3.05) is 14.2 Å². The SMILES string of the molecule is COc1ccc(/C=C/C(=O)c2ccc(OC(F)(F)F)cc2)cc1OC. The van der Waals surface area contributed by atoms with Crippen LogP contribution >= 0.6 is 0 Å². The van der Waals surface area contributed by atoms with Gasteiger partial charge in [-0.1, -0.05) is 12.1 Å². The molecule has 132 valence electrons. The fraction of sp³-hybridized carbons (Fsp3) is 0.167. The zero-order valence-electron chi connectivity index (χ0n) is 13.5. The van der Waals surface area contributed by atoms with Crippen molar-refractivity contribution in [2.24, 2.45) is 0 Å². The first-order valence-corrected chi connectivity index (χ1v) is 7.12. The number of carbonyl (C=O) groups excluding carboxylic acids is 1. The molecule has 0 aliphatic rings. The Morgan fingerprint density at radius 3 is 2.16 bits per heavy atom. The van der Waals surface area contributed by atoms with Gasteiger partial charge in [0.1, 0.15) is 5.75 Å². The highest BCUT2D eigenvalue weighted by Crippen LogP contribution is 2.28. The standard InChI is InChI=1S/C18H15F3O4/c1-23-16-10-4-12(11-17(16)24-2)3-9-15(22)13-5-7-14(8-6-13)25-18(19,20)21/h3-11H,1-2H3/b9-3+. The largest absolute Gasteiger partial charge is 0.573 e. The van der Waals surface area contributed by atoms with Gasteiger partial charge < -0.3 is 14.2 Å². The molecule has 7 heteroatoms. The molecule has 0 atom stereocenters. The number of alkyl halides is 3. The lowest BCUT2D eigenvalue weighted by Gasteiger charge is -2.08. The van der Waals surface area contributed by atoms with Crippen LogP contribution in [0.2, 0.25) is 0 Å². The molecular formula is C18H15F3O4. The normalized spacial score (nSPS) is 11.4. The summed E-state index contributed by atoms with van der Waals surface area (Å²) in [7, 11) is 3.02. The molecule has 2 aromatic rings. The number of carbonyl (C=O) groups is 1. The molecule has 2 rings (SSSR count). The Morgan fingerprint density at radius 1 is 0.960 bits per heavy atom. The third kappa shape index (κ3) is 5.27.